The Bertz CT molecular complexity index is 363. The smallest absolute Gasteiger partial charge is 0.306 e. The highest BCUT2D eigenvalue weighted by atomic mass is 32.2. The van der Waals surface area contributed by atoms with Crippen LogP contribution in [0.15, 0.2) is 0 Å². The summed E-state index contributed by atoms with van der Waals surface area (Å²) >= 11 is 0. The molecule has 0 N–H and O–H groups in total. The van der Waals surface area contributed by atoms with Crippen molar-refractivity contribution in [2.75, 3.05) is 12.9 Å². The van der Waals surface area contributed by atoms with Crippen molar-refractivity contribution in [3.05, 3.63) is 0 Å². The summed E-state index contributed by atoms with van der Waals surface area (Å²) in [5.41, 5.74) is 0.0820. The monoisotopic (exact) mass is 302 g/mol. The second kappa shape index (κ2) is 7.03. The Labute approximate surface area is 124 Å². The summed E-state index contributed by atoms with van der Waals surface area (Å²) in [7, 11) is 0.342. The van der Waals surface area contributed by atoms with Crippen molar-refractivity contribution in [1.29, 1.82) is 0 Å². The van der Waals surface area contributed by atoms with Crippen LogP contribution in [0.25, 0.3) is 0 Å². The molecule has 3 unspecified atom stereocenters. The quantitative estimate of drug-likeness (QED) is 0.732. The largest absolute Gasteiger partial charge is 0.469 e. The Morgan fingerprint density at radius 3 is 2.70 bits per heavy atom. The van der Waals surface area contributed by atoms with Gasteiger partial charge in [0.1, 0.15) is 0 Å². The van der Waals surface area contributed by atoms with Crippen LogP contribution in [0.5, 0.6) is 0 Å². The van der Waals surface area contributed by atoms with Gasteiger partial charge in [-0.2, -0.15) is 0 Å². The number of hydrogen-bond donors (Lipinski definition) is 0. The summed E-state index contributed by atoms with van der Waals surface area (Å²) in [5.74, 6) is 0.266. The van der Waals surface area contributed by atoms with Crippen LogP contribution in [0.3, 0.4) is 0 Å². The first kappa shape index (κ1) is 16.0. The molecule has 4 nitrogen and oxygen atoms in total. The van der Waals surface area contributed by atoms with Crippen LogP contribution in [0.4, 0.5) is 0 Å². The van der Waals surface area contributed by atoms with Crippen LogP contribution in [-0.4, -0.2) is 40.0 Å². The van der Waals surface area contributed by atoms with Gasteiger partial charge in [0, 0.05) is 16.0 Å². The van der Waals surface area contributed by atoms with Crippen molar-refractivity contribution >= 4 is 16.8 Å². The van der Waals surface area contributed by atoms with E-state index in [1.54, 1.807) is 0 Å². The molecule has 1 aliphatic heterocycles. The van der Waals surface area contributed by atoms with Crippen LogP contribution < -0.4 is 0 Å². The standard InChI is InChI=1S/C15H26O4S/c1-12(10-14(16)18-2)20(17)11-13-6-9-15(19-13)7-4-3-5-8-15/h12-13H,3-11H2,1-2H3. The van der Waals surface area contributed by atoms with Gasteiger partial charge in [-0.05, 0) is 25.7 Å². The van der Waals surface area contributed by atoms with E-state index in [1.165, 1.54) is 26.4 Å². The van der Waals surface area contributed by atoms with E-state index in [2.05, 4.69) is 4.74 Å². The summed E-state index contributed by atoms with van der Waals surface area (Å²) in [6, 6.07) is 0. The first-order valence-corrected chi connectivity index (χ1v) is 9.05. The lowest BCUT2D eigenvalue weighted by Gasteiger charge is -2.33. The summed E-state index contributed by atoms with van der Waals surface area (Å²) in [5, 5.41) is -0.158. The Hall–Kier alpha value is -0.420. The lowest BCUT2D eigenvalue weighted by molar-refractivity contribution is -0.140. The lowest BCUT2D eigenvalue weighted by atomic mass is 9.83. The average molecular weight is 302 g/mol. The maximum Gasteiger partial charge on any atom is 0.306 e. The van der Waals surface area contributed by atoms with E-state index in [4.69, 9.17) is 4.74 Å². The highest BCUT2D eigenvalue weighted by Gasteiger charge is 2.41. The van der Waals surface area contributed by atoms with Crippen molar-refractivity contribution in [3.8, 4) is 0 Å². The highest BCUT2D eigenvalue weighted by Crippen LogP contribution is 2.42. The van der Waals surface area contributed by atoms with Crippen molar-refractivity contribution in [3.63, 3.8) is 0 Å². The van der Waals surface area contributed by atoms with Gasteiger partial charge in [-0.3, -0.25) is 9.00 Å². The minimum Gasteiger partial charge on any atom is -0.469 e. The van der Waals surface area contributed by atoms with Gasteiger partial charge < -0.3 is 9.47 Å². The molecule has 0 aromatic heterocycles. The van der Waals surface area contributed by atoms with E-state index in [9.17, 15) is 9.00 Å². The Balaban J connectivity index is 1.79. The molecule has 2 aliphatic rings. The molecule has 0 aromatic carbocycles. The van der Waals surface area contributed by atoms with Crippen LogP contribution in [0.1, 0.15) is 58.3 Å². The Morgan fingerprint density at radius 2 is 2.05 bits per heavy atom. The molecule has 2 fully saturated rings. The van der Waals surface area contributed by atoms with Crippen LogP contribution in [0.2, 0.25) is 0 Å². The van der Waals surface area contributed by atoms with Gasteiger partial charge in [-0.15, -0.1) is 0 Å². The third kappa shape index (κ3) is 4.04. The molecule has 0 radical (unpaired) electrons. The van der Waals surface area contributed by atoms with E-state index in [0.717, 1.165) is 25.7 Å². The normalized spacial score (nSPS) is 28.2. The average Bonchev–Trinajstić information content (AvgIpc) is 2.81. The molecule has 5 heteroatoms. The molecule has 0 amide bonds. The Morgan fingerprint density at radius 1 is 1.35 bits per heavy atom. The molecule has 3 atom stereocenters. The van der Waals surface area contributed by atoms with Gasteiger partial charge >= 0.3 is 5.97 Å². The number of carbonyl (C=O) groups is 1. The van der Waals surface area contributed by atoms with Crippen LogP contribution in [0, 0.1) is 0 Å². The minimum absolute atomic E-state index is 0.0820. The Kier molecular flexibility index (Phi) is 5.61. The van der Waals surface area contributed by atoms with Crippen LogP contribution >= 0.6 is 0 Å². The molecule has 2 rings (SSSR count). The van der Waals surface area contributed by atoms with E-state index in [-0.39, 0.29) is 29.3 Å². The predicted octanol–water partition coefficient (Wildman–Crippen LogP) is 2.57. The predicted molar refractivity (Wildman–Crippen MR) is 79.0 cm³/mol. The lowest BCUT2D eigenvalue weighted by Crippen LogP contribution is -2.33. The van der Waals surface area contributed by atoms with Crippen molar-refractivity contribution in [2.45, 2.75) is 75.2 Å². The molecular weight excluding hydrogens is 276 g/mol. The SMILES string of the molecule is COC(=O)CC(C)S(=O)CC1CCC2(CCCCC2)O1. The first-order chi connectivity index (χ1) is 9.54. The van der Waals surface area contributed by atoms with Gasteiger partial charge in [-0.25, -0.2) is 0 Å². The van der Waals surface area contributed by atoms with E-state index in [0.29, 0.717) is 5.75 Å². The number of methoxy groups -OCH3 is 1. The summed E-state index contributed by atoms with van der Waals surface area (Å²) < 4.78 is 23.1. The topological polar surface area (TPSA) is 52.6 Å². The van der Waals surface area contributed by atoms with Gasteiger partial charge in [-0.1, -0.05) is 26.2 Å². The third-order valence-electron chi connectivity index (χ3n) is 4.58. The van der Waals surface area contributed by atoms with E-state index >= 15 is 0 Å². The number of esters is 1. The highest BCUT2D eigenvalue weighted by molar-refractivity contribution is 7.85. The van der Waals surface area contributed by atoms with Gasteiger partial charge in [0.15, 0.2) is 0 Å². The zero-order valence-electron chi connectivity index (χ0n) is 12.6. The third-order valence-corrected chi connectivity index (χ3v) is 6.35. The molecule has 1 saturated heterocycles. The molecule has 20 heavy (non-hydrogen) atoms. The minimum atomic E-state index is -1.02. The van der Waals surface area contributed by atoms with Gasteiger partial charge in [0.25, 0.3) is 0 Å². The second-order valence-corrected chi connectivity index (χ2v) is 8.06. The summed E-state index contributed by atoms with van der Waals surface area (Å²) in [6.45, 7) is 1.85. The zero-order valence-corrected chi connectivity index (χ0v) is 13.4. The number of hydrogen-bond acceptors (Lipinski definition) is 4. The zero-order chi connectivity index (χ0) is 14.6. The first-order valence-electron chi connectivity index (χ1n) is 7.66. The molecule has 1 aliphatic carbocycles. The maximum atomic E-state index is 12.2. The molecule has 1 spiro atoms. The van der Waals surface area contributed by atoms with Crippen LogP contribution in [-0.2, 0) is 25.1 Å². The summed E-state index contributed by atoms with van der Waals surface area (Å²) in [4.78, 5) is 11.2. The number of carbonyl (C=O) groups excluding carboxylic acids is 1. The van der Waals surface area contributed by atoms with E-state index < -0.39 is 10.8 Å². The molecule has 116 valence electrons. The fraction of sp³-hybridized carbons (Fsp3) is 0.933. The number of rotatable bonds is 5. The molecule has 0 bridgehead atoms. The second-order valence-electron chi connectivity index (χ2n) is 6.16. The van der Waals surface area contributed by atoms with Gasteiger partial charge in [0.05, 0.1) is 31.0 Å². The molecule has 0 aromatic rings. The molecule has 1 saturated carbocycles. The van der Waals surface area contributed by atoms with Crippen molar-refractivity contribution in [2.24, 2.45) is 0 Å². The fourth-order valence-corrected chi connectivity index (χ4v) is 4.59. The fourth-order valence-electron chi connectivity index (χ4n) is 3.34. The van der Waals surface area contributed by atoms with E-state index in [1.807, 2.05) is 6.92 Å². The van der Waals surface area contributed by atoms with Gasteiger partial charge in [0.2, 0.25) is 0 Å². The molecule has 1 heterocycles. The summed E-state index contributed by atoms with van der Waals surface area (Å²) in [6.07, 6.45) is 8.61. The van der Waals surface area contributed by atoms with Crippen molar-refractivity contribution in [1.82, 2.24) is 0 Å². The number of ether oxygens (including phenoxy) is 2. The maximum absolute atomic E-state index is 12.2. The van der Waals surface area contributed by atoms with Crippen molar-refractivity contribution < 1.29 is 18.5 Å². The molecular formula is C15H26O4S.